The van der Waals surface area contributed by atoms with Crippen molar-refractivity contribution < 1.29 is 0 Å². The second-order valence-corrected chi connectivity index (χ2v) is 3.52. The molecular weight excluding hydrogens is 198 g/mol. The first-order chi connectivity index (χ1) is 6.66. The summed E-state index contributed by atoms with van der Waals surface area (Å²) < 4.78 is 1.75. The van der Waals surface area contributed by atoms with E-state index in [1.807, 2.05) is 31.4 Å². The van der Waals surface area contributed by atoms with E-state index in [0.717, 1.165) is 11.3 Å². The molecule has 0 amide bonds. The zero-order valence-corrected chi connectivity index (χ0v) is 8.49. The minimum atomic E-state index is 0.574. The first-order valence-corrected chi connectivity index (χ1v) is 4.59. The quantitative estimate of drug-likeness (QED) is 0.730. The number of rotatable bonds is 1. The standard InChI is InChI=1S/C10H10ClN3/c1-14-5-4-10(13-14)7-2-3-8(11)9(12)6-7/h2-6H,12H2,1H3. The van der Waals surface area contributed by atoms with Crippen LogP contribution in [0.4, 0.5) is 5.69 Å². The van der Waals surface area contributed by atoms with E-state index in [2.05, 4.69) is 5.10 Å². The lowest BCUT2D eigenvalue weighted by molar-refractivity contribution is 0.771. The molecular formula is C10H10ClN3. The van der Waals surface area contributed by atoms with Gasteiger partial charge in [0.25, 0.3) is 0 Å². The van der Waals surface area contributed by atoms with Crippen LogP contribution in [0.3, 0.4) is 0 Å². The van der Waals surface area contributed by atoms with Gasteiger partial charge in [-0.25, -0.2) is 0 Å². The van der Waals surface area contributed by atoms with Crippen molar-refractivity contribution in [1.29, 1.82) is 0 Å². The van der Waals surface area contributed by atoms with E-state index in [9.17, 15) is 0 Å². The SMILES string of the molecule is Cn1ccc(-c2ccc(Cl)c(N)c2)n1. The third kappa shape index (κ3) is 1.59. The van der Waals surface area contributed by atoms with Crippen molar-refractivity contribution in [3.8, 4) is 11.3 Å². The van der Waals surface area contributed by atoms with Crippen molar-refractivity contribution in [2.24, 2.45) is 7.05 Å². The highest BCUT2D eigenvalue weighted by Crippen LogP contribution is 2.25. The van der Waals surface area contributed by atoms with Crippen LogP contribution in [0.2, 0.25) is 5.02 Å². The Labute approximate surface area is 87.1 Å². The Morgan fingerprint density at radius 3 is 2.71 bits per heavy atom. The zero-order chi connectivity index (χ0) is 10.1. The Morgan fingerprint density at radius 2 is 2.14 bits per heavy atom. The number of anilines is 1. The summed E-state index contributed by atoms with van der Waals surface area (Å²) in [5.74, 6) is 0. The largest absolute Gasteiger partial charge is 0.398 e. The zero-order valence-electron chi connectivity index (χ0n) is 7.74. The molecule has 0 bridgehead atoms. The average Bonchev–Trinajstić information content (AvgIpc) is 2.57. The Balaban J connectivity index is 2.47. The van der Waals surface area contributed by atoms with E-state index in [4.69, 9.17) is 17.3 Å². The van der Waals surface area contributed by atoms with Gasteiger partial charge in [-0.2, -0.15) is 5.10 Å². The van der Waals surface area contributed by atoms with Gasteiger partial charge in [0.15, 0.2) is 0 Å². The molecule has 0 aliphatic rings. The molecule has 1 aromatic heterocycles. The Kier molecular flexibility index (Phi) is 2.17. The monoisotopic (exact) mass is 207 g/mol. The molecule has 1 heterocycles. The number of halogens is 1. The van der Waals surface area contributed by atoms with E-state index in [1.165, 1.54) is 0 Å². The van der Waals surface area contributed by atoms with Gasteiger partial charge in [0, 0.05) is 18.8 Å². The van der Waals surface area contributed by atoms with Crippen LogP contribution < -0.4 is 5.73 Å². The summed E-state index contributed by atoms with van der Waals surface area (Å²) in [6.45, 7) is 0. The van der Waals surface area contributed by atoms with E-state index < -0.39 is 0 Å². The number of nitrogens with zero attached hydrogens (tertiary/aromatic N) is 2. The number of benzene rings is 1. The lowest BCUT2D eigenvalue weighted by Crippen LogP contribution is -1.90. The molecule has 0 radical (unpaired) electrons. The minimum Gasteiger partial charge on any atom is -0.398 e. The van der Waals surface area contributed by atoms with Gasteiger partial charge in [-0.3, -0.25) is 4.68 Å². The second-order valence-electron chi connectivity index (χ2n) is 3.11. The number of hydrogen-bond acceptors (Lipinski definition) is 2. The van der Waals surface area contributed by atoms with Crippen molar-refractivity contribution >= 4 is 17.3 Å². The summed E-state index contributed by atoms with van der Waals surface area (Å²) in [5, 5.41) is 4.84. The van der Waals surface area contributed by atoms with Crippen LogP contribution in [-0.4, -0.2) is 9.78 Å². The maximum Gasteiger partial charge on any atom is 0.0923 e. The summed E-state index contributed by atoms with van der Waals surface area (Å²) in [5.41, 5.74) is 8.15. The maximum absolute atomic E-state index is 5.82. The number of nitrogen functional groups attached to an aromatic ring is 1. The minimum absolute atomic E-state index is 0.574. The van der Waals surface area contributed by atoms with E-state index in [-0.39, 0.29) is 0 Å². The highest BCUT2D eigenvalue weighted by Gasteiger charge is 2.03. The maximum atomic E-state index is 5.82. The van der Waals surface area contributed by atoms with Crippen molar-refractivity contribution in [2.45, 2.75) is 0 Å². The third-order valence-electron chi connectivity index (χ3n) is 2.01. The second kappa shape index (κ2) is 3.35. The highest BCUT2D eigenvalue weighted by molar-refractivity contribution is 6.33. The fraction of sp³-hybridized carbons (Fsp3) is 0.100. The normalized spacial score (nSPS) is 10.4. The van der Waals surface area contributed by atoms with Crippen molar-refractivity contribution in [1.82, 2.24) is 9.78 Å². The molecule has 0 aliphatic heterocycles. The van der Waals surface area contributed by atoms with Crippen LogP contribution in [-0.2, 0) is 7.05 Å². The average molecular weight is 208 g/mol. The van der Waals surface area contributed by atoms with E-state index >= 15 is 0 Å². The molecule has 0 unspecified atom stereocenters. The van der Waals surface area contributed by atoms with Gasteiger partial charge in [0.05, 0.1) is 16.4 Å². The summed E-state index contributed by atoms with van der Waals surface area (Å²) in [6, 6.07) is 7.44. The molecule has 0 saturated carbocycles. The van der Waals surface area contributed by atoms with Gasteiger partial charge in [-0.05, 0) is 18.2 Å². The first kappa shape index (κ1) is 9.09. The molecule has 14 heavy (non-hydrogen) atoms. The summed E-state index contributed by atoms with van der Waals surface area (Å²) in [7, 11) is 1.88. The number of aryl methyl sites for hydroxylation is 1. The number of aromatic nitrogens is 2. The lowest BCUT2D eigenvalue weighted by Gasteiger charge is -2.00. The van der Waals surface area contributed by atoms with E-state index in [1.54, 1.807) is 10.7 Å². The van der Waals surface area contributed by atoms with Crippen molar-refractivity contribution in [3.05, 3.63) is 35.5 Å². The molecule has 0 fully saturated rings. The molecule has 0 saturated heterocycles. The predicted molar refractivity (Wildman–Crippen MR) is 58.1 cm³/mol. The summed E-state index contributed by atoms with van der Waals surface area (Å²) >= 11 is 5.82. The number of hydrogen-bond donors (Lipinski definition) is 1. The summed E-state index contributed by atoms with van der Waals surface area (Å²) in [6.07, 6.45) is 1.89. The van der Waals surface area contributed by atoms with Crippen LogP contribution in [0, 0.1) is 0 Å². The van der Waals surface area contributed by atoms with Crippen LogP contribution in [0.15, 0.2) is 30.5 Å². The third-order valence-corrected chi connectivity index (χ3v) is 2.35. The van der Waals surface area contributed by atoms with Crippen molar-refractivity contribution in [2.75, 3.05) is 5.73 Å². The van der Waals surface area contributed by atoms with Gasteiger partial charge in [-0.1, -0.05) is 17.7 Å². The van der Waals surface area contributed by atoms with Crippen LogP contribution in [0.1, 0.15) is 0 Å². The molecule has 2 rings (SSSR count). The molecule has 72 valence electrons. The smallest absolute Gasteiger partial charge is 0.0923 e. The van der Waals surface area contributed by atoms with Crippen molar-refractivity contribution in [3.63, 3.8) is 0 Å². The van der Waals surface area contributed by atoms with Gasteiger partial charge in [-0.15, -0.1) is 0 Å². The lowest BCUT2D eigenvalue weighted by atomic mass is 10.1. The molecule has 0 aliphatic carbocycles. The fourth-order valence-electron chi connectivity index (χ4n) is 1.27. The van der Waals surface area contributed by atoms with Gasteiger partial charge in [0.1, 0.15) is 0 Å². The Hall–Kier alpha value is -1.48. The van der Waals surface area contributed by atoms with Crippen LogP contribution in [0.25, 0.3) is 11.3 Å². The van der Waals surface area contributed by atoms with E-state index in [0.29, 0.717) is 10.7 Å². The topological polar surface area (TPSA) is 43.8 Å². The molecule has 4 heteroatoms. The van der Waals surface area contributed by atoms with Gasteiger partial charge in [0.2, 0.25) is 0 Å². The molecule has 0 atom stereocenters. The number of nitrogens with two attached hydrogens (primary N) is 1. The Bertz CT molecular complexity index is 462. The summed E-state index contributed by atoms with van der Waals surface area (Å²) in [4.78, 5) is 0. The Morgan fingerprint density at radius 1 is 1.36 bits per heavy atom. The van der Waals surface area contributed by atoms with Crippen LogP contribution >= 0.6 is 11.6 Å². The van der Waals surface area contributed by atoms with Crippen LogP contribution in [0.5, 0.6) is 0 Å². The molecule has 1 aromatic carbocycles. The molecule has 3 nitrogen and oxygen atoms in total. The fourth-order valence-corrected chi connectivity index (χ4v) is 1.39. The highest BCUT2D eigenvalue weighted by atomic mass is 35.5. The first-order valence-electron chi connectivity index (χ1n) is 4.22. The predicted octanol–water partition coefficient (Wildman–Crippen LogP) is 2.32. The molecule has 2 N–H and O–H groups in total. The molecule has 0 spiro atoms. The molecule has 2 aromatic rings. The van der Waals surface area contributed by atoms with Gasteiger partial charge >= 0.3 is 0 Å². The van der Waals surface area contributed by atoms with Gasteiger partial charge < -0.3 is 5.73 Å².